The fourth-order valence-electron chi connectivity index (χ4n) is 1.01. The van der Waals surface area contributed by atoms with E-state index >= 15 is 0 Å². The van der Waals surface area contributed by atoms with Gasteiger partial charge < -0.3 is 10.2 Å². The zero-order valence-electron chi connectivity index (χ0n) is 8.03. The molecule has 1 rings (SSSR count). The molecule has 0 spiro atoms. The Morgan fingerprint density at radius 3 is 2.50 bits per heavy atom. The highest BCUT2D eigenvalue weighted by atomic mass is 35.5. The lowest BCUT2D eigenvalue weighted by molar-refractivity contribution is -0.135. The van der Waals surface area contributed by atoms with Crippen molar-refractivity contribution in [2.45, 2.75) is 6.42 Å². The molecule has 1 aromatic carbocycles. The first kappa shape index (κ1) is 12.1. The molecule has 0 amide bonds. The maximum Gasteiger partial charge on any atom is 0.335 e. The molecule has 82 valence electrons. The average Bonchev–Trinajstić information content (AvgIpc) is 2.16. The van der Waals surface area contributed by atoms with Crippen molar-refractivity contribution in [3.8, 4) is 11.8 Å². The lowest BCUT2D eigenvalue weighted by atomic mass is 10.1. The van der Waals surface area contributed by atoms with Crippen LogP contribution in [0.1, 0.15) is 22.3 Å². The van der Waals surface area contributed by atoms with Gasteiger partial charge in [0.05, 0.1) is 5.56 Å². The molecule has 0 heterocycles. The fraction of sp³-hybridized carbons (Fsp3) is 0.0909. The molecule has 0 fully saturated rings. The highest BCUT2D eigenvalue weighted by Crippen LogP contribution is 2.14. The second kappa shape index (κ2) is 5.19. The molecule has 0 aliphatic carbocycles. The number of aromatic carboxylic acids is 1. The Morgan fingerprint density at radius 2 is 1.94 bits per heavy atom. The Labute approximate surface area is 96.5 Å². The number of carbonyl (C=O) groups is 2. The van der Waals surface area contributed by atoms with Crippen molar-refractivity contribution in [1.82, 2.24) is 0 Å². The van der Waals surface area contributed by atoms with Crippen LogP contribution < -0.4 is 0 Å². The van der Waals surface area contributed by atoms with E-state index < -0.39 is 11.9 Å². The van der Waals surface area contributed by atoms with Crippen LogP contribution >= 0.6 is 11.6 Å². The summed E-state index contributed by atoms with van der Waals surface area (Å²) >= 11 is 5.69. The molecule has 0 aliphatic rings. The van der Waals surface area contributed by atoms with E-state index in [0.29, 0.717) is 5.56 Å². The maximum absolute atomic E-state index is 10.7. The minimum absolute atomic E-state index is 0.0205. The van der Waals surface area contributed by atoms with Crippen molar-refractivity contribution >= 4 is 23.5 Å². The summed E-state index contributed by atoms with van der Waals surface area (Å²) < 4.78 is 0. The molecule has 5 heteroatoms. The van der Waals surface area contributed by atoms with Crippen LogP contribution in [0.3, 0.4) is 0 Å². The second-order valence-corrected chi connectivity index (χ2v) is 3.34. The van der Waals surface area contributed by atoms with Gasteiger partial charge in [-0.05, 0) is 18.2 Å². The van der Waals surface area contributed by atoms with Gasteiger partial charge in [0, 0.05) is 10.6 Å². The van der Waals surface area contributed by atoms with Crippen molar-refractivity contribution < 1.29 is 19.8 Å². The van der Waals surface area contributed by atoms with Gasteiger partial charge in [0.25, 0.3) is 0 Å². The van der Waals surface area contributed by atoms with Gasteiger partial charge in [0.15, 0.2) is 0 Å². The molecule has 0 unspecified atom stereocenters. The third kappa shape index (κ3) is 3.64. The number of carboxylic acid groups (broad SMARTS) is 2. The van der Waals surface area contributed by atoms with Crippen LogP contribution in [0.25, 0.3) is 0 Å². The highest BCUT2D eigenvalue weighted by Gasteiger charge is 2.04. The first-order chi connectivity index (χ1) is 7.49. The Morgan fingerprint density at radius 1 is 1.25 bits per heavy atom. The van der Waals surface area contributed by atoms with Crippen molar-refractivity contribution in [1.29, 1.82) is 0 Å². The molecule has 0 atom stereocenters. The molecule has 0 bridgehead atoms. The van der Waals surface area contributed by atoms with Crippen LogP contribution in [0.4, 0.5) is 0 Å². The van der Waals surface area contributed by atoms with E-state index in [1.165, 1.54) is 18.2 Å². The fourth-order valence-corrected chi connectivity index (χ4v) is 1.24. The molecule has 0 radical (unpaired) electrons. The van der Waals surface area contributed by atoms with Gasteiger partial charge >= 0.3 is 11.9 Å². The van der Waals surface area contributed by atoms with Gasteiger partial charge in [-0.3, -0.25) is 4.79 Å². The molecule has 0 saturated carbocycles. The largest absolute Gasteiger partial charge is 0.481 e. The number of benzene rings is 1. The Kier molecular flexibility index (Phi) is 3.92. The van der Waals surface area contributed by atoms with E-state index in [-0.39, 0.29) is 17.0 Å². The van der Waals surface area contributed by atoms with Gasteiger partial charge in [-0.2, -0.15) is 0 Å². The van der Waals surface area contributed by atoms with Crippen molar-refractivity contribution in [2.75, 3.05) is 0 Å². The quantitative estimate of drug-likeness (QED) is 0.772. The molecule has 0 aliphatic heterocycles. The lowest BCUT2D eigenvalue weighted by Crippen LogP contribution is -1.96. The zero-order valence-corrected chi connectivity index (χ0v) is 8.78. The normalized spacial score (nSPS) is 9.06. The summed E-state index contributed by atoms with van der Waals surface area (Å²) in [5.74, 6) is 2.78. The number of aliphatic carboxylic acids is 1. The van der Waals surface area contributed by atoms with E-state index in [4.69, 9.17) is 21.8 Å². The van der Waals surface area contributed by atoms with Crippen LogP contribution in [0.5, 0.6) is 0 Å². The number of carboxylic acids is 2. The molecule has 2 N–H and O–H groups in total. The van der Waals surface area contributed by atoms with Crippen molar-refractivity contribution in [3.63, 3.8) is 0 Å². The number of hydrogen-bond acceptors (Lipinski definition) is 2. The van der Waals surface area contributed by atoms with Crippen molar-refractivity contribution in [2.24, 2.45) is 0 Å². The summed E-state index contributed by atoms with van der Waals surface area (Å²) in [6.07, 6.45) is -0.297. The summed E-state index contributed by atoms with van der Waals surface area (Å²) in [6.45, 7) is 0. The first-order valence-electron chi connectivity index (χ1n) is 4.23. The third-order valence-corrected chi connectivity index (χ3v) is 1.84. The van der Waals surface area contributed by atoms with E-state index in [1.807, 2.05) is 0 Å². The summed E-state index contributed by atoms with van der Waals surface area (Å²) in [4.78, 5) is 20.9. The van der Waals surface area contributed by atoms with Crippen LogP contribution in [0, 0.1) is 11.8 Å². The smallest absolute Gasteiger partial charge is 0.335 e. The minimum Gasteiger partial charge on any atom is -0.481 e. The second-order valence-electron chi connectivity index (χ2n) is 2.91. The molecule has 1 aromatic rings. The molecular formula is C11H7ClO4. The number of rotatable bonds is 2. The summed E-state index contributed by atoms with van der Waals surface area (Å²) in [7, 11) is 0. The zero-order chi connectivity index (χ0) is 12.1. The highest BCUT2D eigenvalue weighted by molar-refractivity contribution is 6.31. The van der Waals surface area contributed by atoms with E-state index in [9.17, 15) is 9.59 Å². The summed E-state index contributed by atoms with van der Waals surface area (Å²) in [5, 5.41) is 17.4. The lowest BCUT2D eigenvalue weighted by Gasteiger charge is -1.97. The Bertz CT molecular complexity index is 496. The average molecular weight is 239 g/mol. The monoisotopic (exact) mass is 238 g/mol. The number of halogens is 1. The summed E-state index contributed by atoms with van der Waals surface area (Å²) in [6, 6.07) is 4.11. The third-order valence-electron chi connectivity index (χ3n) is 1.62. The minimum atomic E-state index is -1.11. The van der Waals surface area contributed by atoms with Gasteiger partial charge in [0.1, 0.15) is 6.42 Å². The molecule has 0 saturated heterocycles. The molecule has 4 nitrogen and oxygen atoms in total. The predicted molar refractivity (Wildman–Crippen MR) is 57.5 cm³/mol. The van der Waals surface area contributed by atoms with E-state index in [2.05, 4.69) is 11.8 Å². The molecule has 0 aromatic heterocycles. The van der Waals surface area contributed by atoms with Gasteiger partial charge in [-0.15, -0.1) is 0 Å². The molecular weight excluding hydrogens is 232 g/mol. The standard InChI is InChI=1S/C11H7ClO4/c12-9-5-7(2-1-3-10(13)14)4-8(6-9)11(15)16/h4-6H,3H2,(H,13,14)(H,15,16). The summed E-state index contributed by atoms with van der Waals surface area (Å²) in [5.41, 5.74) is 0.401. The molecule has 16 heavy (non-hydrogen) atoms. The van der Waals surface area contributed by atoms with E-state index in [0.717, 1.165) is 0 Å². The van der Waals surface area contributed by atoms with Gasteiger partial charge in [-0.25, -0.2) is 4.79 Å². The van der Waals surface area contributed by atoms with Crippen LogP contribution in [0.2, 0.25) is 5.02 Å². The Hall–Kier alpha value is -1.99. The van der Waals surface area contributed by atoms with Crippen LogP contribution in [0.15, 0.2) is 18.2 Å². The van der Waals surface area contributed by atoms with Crippen LogP contribution in [-0.4, -0.2) is 22.2 Å². The van der Waals surface area contributed by atoms with Crippen molar-refractivity contribution in [3.05, 3.63) is 34.3 Å². The maximum atomic E-state index is 10.7. The SMILES string of the molecule is O=C(O)CC#Cc1cc(Cl)cc(C(=O)O)c1. The topological polar surface area (TPSA) is 74.6 Å². The van der Waals surface area contributed by atoms with Gasteiger partial charge in [-0.1, -0.05) is 23.4 Å². The first-order valence-corrected chi connectivity index (χ1v) is 4.61. The van der Waals surface area contributed by atoms with Gasteiger partial charge in [0.2, 0.25) is 0 Å². The Balaban J connectivity index is 2.99. The number of hydrogen-bond donors (Lipinski definition) is 2. The van der Waals surface area contributed by atoms with E-state index in [1.54, 1.807) is 0 Å². The predicted octanol–water partition coefficient (Wildman–Crippen LogP) is 1.86. The van der Waals surface area contributed by atoms with Crippen LogP contribution in [-0.2, 0) is 4.79 Å².